The fourth-order valence-corrected chi connectivity index (χ4v) is 5.98. The highest BCUT2D eigenvalue weighted by molar-refractivity contribution is 6.31. The van der Waals surface area contributed by atoms with E-state index < -0.39 is 41.7 Å². The number of amides is 2. The highest BCUT2D eigenvalue weighted by Gasteiger charge is 2.44. The smallest absolute Gasteiger partial charge is 0.250 e. The molecule has 1 saturated carbocycles. The van der Waals surface area contributed by atoms with E-state index in [0.717, 1.165) is 0 Å². The van der Waals surface area contributed by atoms with Gasteiger partial charge < -0.3 is 10.2 Å². The summed E-state index contributed by atoms with van der Waals surface area (Å²) in [6.07, 6.45) is 3.83. The van der Waals surface area contributed by atoms with Crippen LogP contribution < -0.4 is 15.1 Å². The van der Waals surface area contributed by atoms with Crippen molar-refractivity contribution in [2.45, 2.75) is 75.5 Å². The molecule has 1 N–H and O–H groups in total. The van der Waals surface area contributed by atoms with Crippen molar-refractivity contribution in [2.24, 2.45) is 0 Å². The van der Waals surface area contributed by atoms with Crippen LogP contribution in [0.3, 0.4) is 0 Å². The lowest BCUT2D eigenvalue weighted by Gasteiger charge is -2.37. The molecular weight excluding hydrogens is 555 g/mol. The molecule has 0 radical (unpaired) electrons. The lowest BCUT2D eigenvalue weighted by Crippen LogP contribution is -2.53. The second-order valence-electron chi connectivity index (χ2n) is 10.6. The molecule has 2 heterocycles. The van der Waals surface area contributed by atoms with E-state index in [4.69, 9.17) is 11.6 Å². The first-order chi connectivity index (χ1) is 19.6. The Kier molecular flexibility index (Phi) is 8.49. The maximum Gasteiger partial charge on any atom is 0.250 e. The molecule has 2 aliphatic rings. The largest absolute Gasteiger partial charge is 0.351 e. The van der Waals surface area contributed by atoms with Gasteiger partial charge in [0.2, 0.25) is 17.8 Å². The van der Waals surface area contributed by atoms with Crippen LogP contribution in [0.1, 0.15) is 57.1 Å². The van der Waals surface area contributed by atoms with E-state index in [0.29, 0.717) is 24.4 Å². The Morgan fingerprint density at radius 3 is 2.41 bits per heavy atom. The normalized spacial score (nSPS) is 21.3. The number of benzene rings is 2. The number of rotatable bonds is 7. The Hall–Kier alpha value is -3.66. The minimum absolute atomic E-state index is 0.0720. The van der Waals surface area contributed by atoms with Crippen LogP contribution in [0.4, 0.5) is 24.8 Å². The summed E-state index contributed by atoms with van der Waals surface area (Å²) >= 11 is 6.60. The highest BCUT2D eigenvalue weighted by Crippen LogP contribution is 2.38. The zero-order chi connectivity index (χ0) is 29.1. The van der Waals surface area contributed by atoms with E-state index in [2.05, 4.69) is 15.3 Å². The Bertz CT molecular complexity index is 1390. The molecule has 2 aromatic carbocycles. The first kappa shape index (κ1) is 28.9. The van der Waals surface area contributed by atoms with Crippen molar-refractivity contribution in [3.8, 4) is 0 Å². The van der Waals surface area contributed by atoms with Gasteiger partial charge in [-0.1, -0.05) is 35.9 Å². The molecule has 0 bridgehead atoms. The predicted molar refractivity (Wildman–Crippen MR) is 150 cm³/mol. The molecule has 41 heavy (non-hydrogen) atoms. The van der Waals surface area contributed by atoms with Gasteiger partial charge in [-0.3, -0.25) is 14.5 Å². The monoisotopic (exact) mass is 585 g/mol. The molecule has 2 fully saturated rings. The second-order valence-corrected chi connectivity index (χ2v) is 11.1. The second kappa shape index (κ2) is 12.1. The van der Waals surface area contributed by atoms with Crippen LogP contribution in [0.2, 0.25) is 5.02 Å². The first-order valence-electron chi connectivity index (χ1n) is 13.7. The van der Waals surface area contributed by atoms with Gasteiger partial charge in [0.25, 0.3) is 5.91 Å². The summed E-state index contributed by atoms with van der Waals surface area (Å²) in [7, 11) is 0. The van der Waals surface area contributed by atoms with Crippen LogP contribution in [0, 0.1) is 5.82 Å². The third-order valence-corrected chi connectivity index (χ3v) is 8.17. The van der Waals surface area contributed by atoms with Crippen molar-refractivity contribution in [2.75, 3.05) is 9.80 Å². The number of nitrogens with zero attached hydrogens (tertiary/aromatic N) is 4. The van der Waals surface area contributed by atoms with Crippen LogP contribution in [0.15, 0.2) is 67.0 Å². The Morgan fingerprint density at radius 1 is 1.02 bits per heavy atom. The van der Waals surface area contributed by atoms with Crippen molar-refractivity contribution in [3.63, 3.8) is 0 Å². The molecule has 11 heteroatoms. The zero-order valence-corrected chi connectivity index (χ0v) is 23.3. The van der Waals surface area contributed by atoms with Gasteiger partial charge in [-0.05, 0) is 62.9 Å². The third-order valence-electron chi connectivity index (χ3n) is 7.83. The number of halogens is 4. The molecule has 3 aromatic rings. The van der Waals surface area contributed by atoms with E-state index >= 15 is 0 Å². The van der Waals surface area contributed by atoms with E-state index in [1.807, 2.05) is 11.8 Å². The summed E-state index contributed by atoms with van der Waals surface area (Å²) in [5.41, 5.74) is 0.498. The number of aromatic nitrogens is 2. The molecule has 1 aliphatic carbocycles. The van der Waals surface area contributed by atoms with Crippen molar-refractivity contribution in [1.82, 2.24) is 15.3 Å². The van der Waals surface area contributed by atoms with Gasteiger partial charge in [0, 0.05) is 53.6 Å². The highest BCUT2D eigenvalue weighted by atomic mass is 35.5. The zero-order valence-electron chi connectivity index (χ0n) is 22.5. The Balaban J connectivity index is 1.57. The topological polar surface area (TPSA) is 78.4 Å². The van der Waals surface area contributed by atoms with E-state index in [-0.39, 0.29) is 42.4 Å². The summed E-state index contributed by atoms with van der Waals surface area (Å²) in [5.74, 6) is -4.02. The number of hydrogen-bond acceptors (Lipinski definition) is 5. The molecule has 216 valence electrons. The summed E-state index contributed by atoms with van der Waals surface area (Å²) < 4.78 is 42.3. The van der Waals surface area contributed by atoms with E-state index in [1.165, 1.54) is 23.1 Å². The van der Waals surface area contributed by atoms with Gasteiger partial charge >= 0.3 is 0 Å². The summed E-state index contributed by atoms with van der Waals surface area (Å²) in [5, 5.41) is 3.12. The number of anilines is 2. The quantitative estimate of drug-likeness (QED) is 0.363. The maximum absolute atomic E-state index is 14.6. The lowest BCUT2D eigenvalue weighted by molar-refractivity contribution is -0.128. The minimum Gasteiger partial charge on any atom is -0.351 e. The maximum atomic E-state index is 14.6. The van der Waals surface area contributed by atoms with Crippen LogP contribution in [0.25, 0.3) is 0 Å². The third kappa shape index (κ3) is 6.32. The van der Waals surface area contributed by atoms with Gasteiger partial charge in [0.1, 0.15) is 17.9 Å². The Morgan fingerprint density at radius 2 is 1.73 bits per heavy atom. The average molecular weight is 586 g/mol. The molecule has 1 aromatic heterocycles. The number of alkyl halides is 2. The molecule has 3 unspecified atom stereocenters. The fourth-order valence-electron chi connectivity index (χ4n) is 5.74. The van der Waals surface area contributed by atoms with Crippen molar-refractivity contribution in [3.05, 3.63) is 83.4 Å². The Labute approximate surface area is 241 Å². The van der Waals surface area contributed by atoms with Gasteiger partial charge in [-0.15, -0.1) is 0 Å². The average Bonchev–Trinajstić information content (AvgIpc) is 3.34. The molecule has 1 saturated heterocycles. The lowest BCUT2D eigenvalue weighted by atomic mass is 9.91. The molecule has 5 rings (SSSR count). The number of carbonyl (C=O) groups excluding carboxylic acids is 2. The standard InChI is InChI=1S/C30H31ClF3N5O2/c1-19-10-11-25(38(19)29-35-16-5-17-36-29)28(41)39(22-7-4-6-20(32)18-22)26(23-8-2-3-9-24(23)31)27(40)37-21-12-14-30(33,34)15-13-21/h2-9,16-19,21,25-26H,10-15H2,1H3,(H,37,40). The summed E-state index contributed by atoms with van der Waals surface area (Å²) in [4.78, 5) is 40.5. The van der Waals surface area contributed by atoms with Gasteiger partial charge in [0.15, 0.2) is 0 Å². The van der Waals surface area contributed by atoms with Crippen LogP contribution in [0.5, 0.6) is 0 Å². The van der Waals surface area contributed by atoms with Crippen molar-refractivity contribution < 1.29 is 22.8 Å². The molecule has 0 spiro atoms. The van der Waals surface area contributed by atoms with E-state index in [1.54, 1.807) is 48.8 Å². The predicted octanol–water partition coefficient (Wildman–Crippen LogP) is 6.10. The SMILES string of the molecule is CC1CCC(C(=O)N(c2cccc(F)c2)C(C(=O)NC2CCC(F)(F)CC2)c2ccccc2Cl)N1c1ncccn1. The summed E-state index contributed by atoms with van der Waals surface area (Å²) in [6, 6.07) is 11.2. The number of carbonyl (C=O) groups is 2. The van der Waals surface area contributed by atoms with Gasteiger partial charge in [-0.2, -0.15) is 0 Å². The molecule has 1 aliphatic heterocycles. The first-order valence-corrected chi connectivity index (χ1v) is 14.1. The van der Waals surface area contributed by atoms with Crippen molar-refractivity contribution >= 4 is 35.1 Å². The number of nitrogens with one attached hydrogen (secondary N) is 1. The summed E-state index contributed by atoms with van der Waals surface area (Å²) in [6.45, 7) is 1.97. The molecular formula is C30H31ClF3N5O2. The van der Waals surface area contributed by atoms with E-state index in [9.17, 15) is 22.8 Å². The molecule has 7 nitrogen and oxygen atoms in total. The molecule has 3 atom stereocenters. The minimum atomic E-state index is -2.77. The molecule has 2 amide bonds. The fraction of sp³-hybridized carbons (Fsp3) is 0.400. The van der Waals surface area contributed by atoms with Crippen molar-refractivity contribution in [1.29, 1.82) is 0 Å². The van der Waals surface area contributed by atoms with Crippen LogP contribution in [-0.2, 0) is 9.59 Å². The van der Waals surface area contributed by atoms with Crippen LogP contribution >= 0.6 is 11.6 Å². The van der Waals surface area contributed by atoms with Gasteiger partial charge in [-0.25, -0.2) is 23.1 Å². The van der Waals surface area contributed by atoms with Crippen LogP contribution in [-0.4, -0.2) is 45.8 Å². The number of hydrogen-bond donors (Lipinski definition) is 1. The van der Waals surface area contributed by atoms with Gasteiger partial charge in [0.05, 0.1) is 0 Å².